The number of anilines is 1. The van der Waals surface area contributed by atoms with E-state index >= 15 is 0 Å². The van der Waals surface area contributed by atoms with Crippen molar-refractivity contribution >= 4 is 33.1 Å². The fourth-order valence-corrected chi connectivity index (χ4v) is 4.06. The van der Waals surface area contributed by atoms with Gasteiger partial charge < -0.3 is 4.90 Å². The SMILES string of the molecule is Cc1ccc(C2=CC3(C)CCC(=O)N3c3ccc(Br)cc32)cc1. The summed E-state index contributed by atoms with van der Waals surface area (Å²) in [5.74, 6) is 0.218. The van der Waals surface area contributed by atoms with E-state index in [2.05, 4.69) is 72.3 Å². The second kappa shape index (κ2) is 5.07. The predicted octanol–water partition coefficient (Wildman–Crippen LogP) is 5.09. The molecule has 0 saturated carbocycles. The molecule has 1 saturated heterocycles. The Bertz CT molecular complexity index is 837. The Labute approximate surface area is 144 Å². The Hall–Kier alpha value is -1.87. The van der Waals surface area contributed by atoms with E-state index in [0.29, 0.717) is 6.42 Å². The lowest BCUT2D eigenvalue weighted by Crippen LogP contribution is -2.44. The van der Waals surface area contributed by atoms with Crippen molar-refractivity contribution in [3.8, 4) is 0 Å². The highest BCUT2D eigenvalue weighted by Gasteiger charge is 2.44. The average molecular weight is 368 g/mol. The maximum absolute atomic E-state index is 12.4. The number of benzene rings is 2. The molecule has 1 atom stereocenters. The van der Waals surface area contributed by atoms with Crippen LogP contribution in [0.3, 0.4) is 0 Å². The van der Waals surface area contributed by atoms with E-state index in [1.54, 1.807) is 0 Å². The molecular weight excluding hydrogens is 350 g/mol. The van der Waals surface area contributed by atoms with Gasteiger partial charge in [0.05, 0.1) is 11.2 Å². The van der Waals surface area contributed by atoms with Crippen LogP contribution in [0.1, 0.15) is 36.5 Å². The van der Waals surface area contributed by atoms with Crippen molar-refractivity contribution < 1.29 is 4.79 Å². The lowest BCUT2D eigenvalue weighted by Gasteiger charge is -2.39. The summed E-state index contributed by atoms with van der Waals surface area (Å²) in [6.07, 6.45) is 3.76. The van der Waals surface area contributed by atoms with Crippen LogP contribution in [-0.2, 0) is 4.79 Å². The summed E-state index contributed by atoms with van der Waals surface area (Å²) < 4.78 is 1.03. The Morgan fingerprint density at radius 2 is 1.87 bits per heavy atom. The lowest BCUT2D eigenvalue weighted by atomic mass is 9.84. The summed E-state index contributed by atoms with van der Waals surface area (Å²) in [5.41, 5.74) is 5.60. The van der Waals surface area contributed by atoms with E-state index in [9.17, 15) is 4.79 Å². The lowest BCUT2D eigenvalue weighted by molar-refractivity contribution is -0.117. The van der Waals surface area contributed by atoms with Gasteiger partial charge in [-0.1, -0.05) is 51.8 Å². The zero-order valence-corrected chi connectivity index (χ0v) is 14.9. The van der Waals surface area contributed by atoms with Crippen LogP contribution in [0.25, 0.3) is 5.57 Å². The van der Waals surface area contributed by atoms with Gasteiger partial charge in [-0.15, -0.1) is 0 Å². The zero-order chi connectivity index (χ0) is 16.2. The maximum Gasteiger partial charge on any atom is 0.227 e. The second-order valence-corrected chi connectivity index (χ2v) is 7.59. The summed E-state index contributed by atoms with van der Waals surface area (Å²) in [4.78, 5) is 14.4. The van der Waals surface area contributed by atoms with E-state index in [1.165, 1.54) is 16.7 Å². The third-order valence-electron chi connectivity index (χ3n) is 4.91. The van der Waals surface area contributed by atoms with Gasteiger partial charge in [0.15, 0.2) is 0 Å². The minimum absolute atomic E-state index is 0.218. The van der Waals surface area contributed by atoms with Crippen LogP contribution >= 0.6 is 15.9 Å². The van der Waals surface area contributed by atoms with Crippen LogP contribution < -0.4 is 4.90 Å². The van der Waals surface area contributed by atoms with Crippen LogP contribution in [0, 0.1) is 6.92 Å². The van der Waals surface area contributed by atoms with Crippen molar-refractivity contribution in [2.75, 3.05) is 4.90 Å². The first-order valence-electron chi connectivity index (χ1n) is 7.91. The average Bonchev–Trinajstić information content (AvgIpc) is 2.83. The number of hydrogen-bond acceptors (Lipinski definition) is 1. The molecule has 0 aliphatic carbocycles. The zero-order valence-electron chi connectivity index (χ0n) is 13.3. The van der Waals surface area contributed by atoms with Crippen molar-refractivity contribution in [1.82, 2.24) is 0 Å². The van der Waals surface area contributed by atoms with Crippen molar-refractivity contribution in [2.24, 2.45) is 0 Å². The molecule has 0 spiro atoms. The minimum Gasteiger partial charge on any atom is -0.302 e. The van der Waals surface area contributed by atoms with Crippen molar-refractivity contribution in [1.29, 1.82) is 0 Å². The molecule has 1 unspecified atom stereocenters. The molecule has 2 aromatic rings. The predicted molar refractivity (Wildman–Crippen MR) is 97.5 cm³/mol. The summed E-state index contributed by atoms with van der Waals surface area (Å²) in [7, 11) is 0. The quantitative estimate of drug-likeness (QED) is 0.687. The third-order valence-corrected chi connectivity index (χ3v) is 5.41. The molecule has 3 heteroatoms. The molecule has 0 aromatic heterocycles. The van der Waals surface area contributed by atoms with Crippen LogP contribution in [-0.4, -0.2) is 11.4 Å². The summed E-state index contributed by atoms with van der Waals surface area (Å²) in [5, 5.41) is 0. The Morgan fingerprint density at radius 3 is 2.61 bits per heavy atom. The normalized spacial score (nSPS) is 22.7. The number of amides is 1. The first kappa shape index (κ1) is 14.7. The van der Waals surface area contributed by atoms with E-state index in [1.807, 2.05) is 11.0 Å². The molecule has 0 radical (unpaired) electrons. The summed E-state index contributed by atoms with van der Waals surface area (Å²) in [6.45, 7) is 4.26. The number of fused-ring (bicyclic) bond motifs is 3. The van der Waals surface area contributed by atoms with Gasteiger partial charge >= 0.3 is 0 Å². The van der Waals surface area contributed by atoms with Gasteiger partial charge in [0.25, 0.3) is 0 Å². The Kier molecular flexibility index (Phi) is 3.24. The first-order chi connectivity index (χ1) is 11.0. The van der Waals surface area contributed by atoms with Gasteiger partial charge in [0.2, 0.25) is 5.91 Å². The number of rotatable bonds is 1. The maximum atomic E-state index is 12.4. The van der Waals surface area contributed by atoms with Gasteiger partial charge in [-0.25, -0.2) is 0 Å². The smallest absolute Gasteiger partial charge is 0.227 e. The van der Waals surface area contributed by atoms with E-state index in [-0.39, 0.29) is 11.4 Å². The second-order valence-electron chi connectivity index (χ2n) is 6.67. The van der Waals surface area contributed by atoms with Gasteiger partial charge in [0.1, 0.15) is 0 Å². The molecule has 2 aliphatic rings. The summed E-state index contributed by atoms with van der Waals surface area (Å²) in [6, 6.07) is 14.8. The standard InChI is InChI=1S/C20H18BrNO/c1-13-3-5-14(6-4-13)17-12-20(2)10-9-19(23)22(20)18-8-7-15(21)11-16(17)18/h3-8,11-12H,9-10H2,1-2H3. The molecule has 116 valence electrons. The molecule has 2 heterocycles. The first-order valence-corrected chi connectivity index (χ1v) is 8.70. The fourth-order valence-electron chi connectivity index (χ4n) is 3.69. The van der Waals surface area contributed by atoms with E-state index in [4.69, 9.17) is 0 Å². The van der Waals surface area contributed by atoms with Gasteiger partial charge in [0, 0.05) is 16.5 Å². The van der Waals surface area contributed by atoms with Gasteiger partial charge in [-0.3, -0.25) is 4.79 Å². The fraction of sp³-hybridized carbons (Fsp3) is 0.250. The Balaban J connectivity index is 1.97. The largest absolute Gasteiger partial charge is 0.302 e. The van der Waals surface area contributed by atoms with E-state index < -0.39 is 0 Å². The molecule has 0 N–H and O–H groups in total. The van der Waals surface area contributed by atoms with Crippen molar-refractivity contribution in [3.05, 3.63) is 69.7 Å². The molecule has 1 amide bonds. The molecule has 1 fully saturated rings. The molecule has 4 rings (SSSR count). The topological polar surface area (TPSA) is 20.3 Å². The highest BCUT2D eigenvalue weighted by molar-refractivity contribution is 9.10. The Morgan fingerprint density at radius 1 is 1.13 bits per heavy atom. The van der Waals surface area contributed by atoms with Crippen LogP contribution in [0.2, 0.25) is 0 Å². The number of aryl methyl sites for hydroxylation is 1. The monoisotopic (exact) mass is 367 g/mol. The molecule has 2 nitrogen and oxygen atoms in total. The van der Waals surface area contributed by atoms with Crippen LogP contribution in [0.15, 0.2) is 53.0 Å². The van der Waals surface area contributed by atoms with Crippen molar-refractivity contribution in [3.63, 3.8) is 0 Å². The summed E-state index contributed by atoms with van der Waals surface area (Å²) >= 11 is 3.57. The minimum atomic E-state index is -0.224. The molecule has 0 bridgehead atoms. The number of carbonyl (C=O) groups is 1. The molecular formula is C20H18BrNO. The van der Waals surface area contributed by atoms with Crippen molar-refractivity contribution in [2.45, 2.75) is 32.2 Å². The van der Waals surface area contributed by atoms with Crippen LogP contribution in [0.4, 0.5) is 5.69 Å². The third kappa shape index (κ3) is 2.26. The molecule has 2 aromatic carbocycles. The van der Waals surface area contributed by atoms with Gasteiger partial charge in [-0.2, -0.15) is 0 Å². The number of nitrogens with zero attached hydrogens (tertiary/aromatic N) is 1. The molecule has 23 heavy (non-hydrogen) atoms. The number of halogens is 1. The highest BCUT2D eigenvalue weighted by Crippen LogP contribution is 2.47. The molecule has 2 aliphatic heterocycles. The number of hydrogen-bond donors (Lipinski definition) is 0. The highest BCUT2D eigenvalue weighted by atomic mass is 79.9. The van der Waals surface area contributed by atoms with E-state index in [0.717, 1.165) is 22.1 Å². The van der Waals surface area contributed by atoms with Crippen LogP contribution in [0.5, 0.6) is 0 Å². The number of carbonyl (C=O) groups excluding carboxylic acids is 1. The van der Waals surface area contributed by atoms with Gasteiger partial charge in [-0.05, 0) is 49.6 Å².